The molecule has 1 aliphatic rings. The highest BCUT2D eigenvalue weighted by Gasteiger charge is 2.43. The molecule has 1 saturated heterocycles. The van der Waals surface area contributed by atoms with E-state index in [1.165, 1.54) is 18.2 Å². The molecular formula is C12H14ClNO5S. The highest BCUT2D eigenvalue weighted by atomic mass is 35.5. The van der Waals surface area contributed by atoms with Crippen molar-refractivity contribution in [2.24, 2.45) is 0 Å². The van der Waals surface area contributed by atoms with Crippen molar-refractivity contribution < 1.29 is 23.4 Å². The number of nitrogens with zero attached hydrogens (tertiary/aromatic N) is 1. The van der Waals surface area contributed by atoms with Gasteiger partial charge in [0.15, 0.2) is 0 Å². The number of carboxylic acids is 1. The Balaban J connectivity index is 2.46. The van der Waals surface area contributed by atoms with Gasteiger partial charge in [-0.3, -0.25) is 4.79 Å². The van der Waals surface area contributed by atoms with Crippen molar-refractivity contribution in [3.8, 4) is 0 Å². The average Bonchev–Trinajstić information content (AvgIpc) is 2.71. The van der Waals surface area contributed by atoms with Gasteiger partial charge in [0.25, 0.3) is 0 Å². The summed E-state index contributed by atoms with van der Waals surface area (Å²) >= 11 is 5.79. The van der Waals surface area contributed by atoms with Crippen LogP contribution < -0.4 is 0 Å². The lowest BCUT2D eigenvalue weighted by molar-refractivity contribution is -0.140. The fourth-order valence-electron chi connectivity index (χ4n) is 2.30. The molecule has 1 unspecified atom stereocenters. The van der Waals surface area contributed by atoms with Crippen molar-refractivity contribution in [1.29, 1.82) is 0 Å². The van der Waals surface area contributed by atoms with Crippen LogP contribution in [0.4, 0.5) is 0 Å². The SMILES string of the molecule is Cc1cc(Cl)ccc1S(=O)(=O)N1CC(O)C[C@H]1C(=O)O. The van der Waals surface area contributed by atoms with E-state index in [2.05, 4.69) is 0 Å². The van der Waals surface area contributed by atoms with Crippen LogP contribution in [0.1, 0.15) is 12.0 Å². The predicted molar refractivity (Wildman–Crippen MR) is 72.1 cm³/mol. The van der Waals surface area contributed by atoms with Crippen LogP contribution in [0.3, 0.4) is 0 Å². The third kappa shape index (κ3) is 2.67. The Kier molecular flexibility index (Phi) is 4.06. The summed E-state index contributed by atoms with van der Waals surface area (Å²) in [5.41, 5.74) is 0.433. The van der Waals surface area contributed by atoms with Gasteiger partial charge in [-0.2, -0.15) is 4.31 Å². The van der Waals surface area contributed by atoms with Crippen LogP contribution in [0.5, 0.6) is 0 Å². The molecule has 1 aliphatic heterocycles. The maximum absolute atomic E-state index is 12.5. The molecule has 1 aromatic carbocycles. The van der Waals surface area contributed by atoms with Crippen LogP contribution in [0.15, 0.2) is 23.1 Å². The van der Waals surface area contributed by atoms with E-state index in [0.29, 0.717) is 10.6 Å². The molecule has 0 spiro atoms. The molecule has 6 nitrogen and oxygen atoms in total. The number of aryl methyl sites for hydroxylation is 1. The van der Waals surface area contributed by atoms with Crippen LogP contribution in [0.2, 0.25) is 5.02 Å². The summed E-state index contributed by atoms with van der Waals surface area (Å²) in [5, 5.41) is 19.0. The average molecular weight is 320 g/mol. The highest BCUT2D eigenvalue weighted by molar-refractivity contribution is 7.89. The van der Waals surface area contributed by atoms with Crippen molar-refractivity contribution in [1.82, 2.24) is 4.31 Å². The second-order valence-corrected chi connectivity index (χ2v) is 7.02. The smallest absolute Gasteiger partial charge is 0.322 e. The van der Waals surface area contributed by atoms with Gasteiger partial charge in [0, 0.05) is 18.0 Å². The van der Waals surface area contributed by atoms with Crippen molar-refractivity contribution in [3.63, 3.8) is 0 Å². The number of rotatable bonds is 3. The minimum Gasteiger partial charge on any atom is -0.480 e. The summed E-state index contributed by atoms with van der Waals surface area (Å²) in [5.74, 6) is -1.27. The molecule has 1 fully saturated rings. The number of sulfonamides is 1. The minimum absolute atomic E-state index is 0.00208. The Morgan fingerprint density at radius 1 is 1.45 bits per heavy atom. The third-order valence-electron chi connectivity index (χ3n) is 3.24. The van der Waals surface area contributed by atoms with E-state index in [-0.39, 0.29) is 17.9 Å². The topological polar surface area (TPSA) is 94.9 Å². The van der Waals surface area contributed by atoms with Crippen molar-refractivity contribution in [2.45, 2.75) is 30.4 Å². The van der Waals surface area contributed by atoms with E-state index in [0.717, 1.165) is 4.31 Å². The Morgan fingerprint density at radius 2 is 2.10 bits per heavy atom. The molecular weight excluding hydrogens is 306 g/mol. The molecule has 0 bridgehead atoms. The molecule has 2 rings (SSSR count). The van der Waals surface area contributed by atoms with Crippen LogP contribution in [-0.2, 0) is 14.8 Å². The summed E-state index contributed by atoms with van der Waals surface area (Å²) in [4.78, 5) is 11.1. The fraction of sp³-hybridized carbons (Fsp3) is 0.417. The second kappa shape index (κ2) is 5.33. The van der Waals surface area contributed by atoms with E-state index in [4.69, 9.17) is 16.7 Å². The Morgan fingerprint density at radius 3 is 2.65 bits per heavy atom. The number of carboxylic acid groups (broad SMARTS) is 1. The molecule has 2 N–H and O–H groups in total. The standard InChI is InChI=1S/C12H14ClNO5S/c1-7-4-8(13)2-3-11(7)20(18,19)14-6-9(15)5-10(14)12(16)17/h2-4,9-10,15H,5-6H2,1H3,(H,16,17)/t9?,10-/m0/s1. The number of benzene rings is 1. The summed E-state index contributed by atoms with van der Waals surface area (Å²) in [6.07, 6.45) is -1.08. The first-order valence-corrected chi connectivity index (χ1v) is 7.74. The zero-order valence-corrected chi connectivity index (χ0v) is 12.2. The molecule has 1 heterocycles. The molecule has 20 heavy (non-hydrogen) atoms. The maximum Gasteiger partial charge on any atom is 0.322 e. The lowest BCUT2D eigenvalue weighted by Gasteiger charge is -2.21. The van der Waals surface area contributed by atoms with Crippen LogP contribution in [0, 0.1) is 6.92 Å². The lowest BCUT2D eigenvalue weighted by Crippen LogP contribution is -2.40. The Bertz CT molecular complexity index is 645. The van der Waals surface area contributed by atoms with Crippen molar-refractivity contribution in [3.05, 3.63) is 28.8 Å². The maximum atomic E-state index is 12.5. The number of aliphatic hydroxyl groups is 1. The minimum atomic E-state index is -3.98. The van der Waals surface area contributed by atoms with Gasteiger partial charge in [-0.25, -0.2) is 8.42 Å². The van der Waals surface area contributed by atoms with E-state index in [1.807, 2.05) is 0 Å². The number of aliphatic carboxylic acids is 1. The van der Waals surface area contributed by atoms with Crippen molar-refractivity contribution in [2.75, 3.05) is 6.54 Å². The summed E-state index contributed by atoms with van der Waals surface area (Å²) in [7, 11) is -3.98. The van der Waals surface area contributed by atoms with Crippen LogP contribution in [-0.4, -0.2) is 47.6 Å². The molecule has 0 amide bonds. The number of aliphatic hydroxyl groups excluding tert-OH is 1. The molecule has 0 aromatic heterocycles. The first-order valence-electron chi connectivity index (χ1n) is 5.92. The molecule has 8 heteroatoms. The molecule has 0 saturated carbocycles. The van der Waals surface area contributed by atoms with E-state index in [9.17, 15) is 18.3 Å². The zero-order valence-electron chi connectivity index (χ0n) is 10.7. The van der Waals surface area contributed by atoms with Gasteiger partial charge in [0.2, 0.25) is 10.0 Å². The van der Waals surface area contributed by atoms with Crippen molar-refractivity contribution >= 4 is 27.6 Å². The normalized spacial score (nSPS) is 23.9. The highest BCUT2D eigenvalue weighted by Crippen LogP contribution is 2.29. The van der Waals surface area contributed by atoms with E-state index >= 15 is 0 Å². The largest absolute Gasteiger partial charge is 0.480 e. The number of hydrogen-bond donors (Lipinski definition) is 2. The first kappa shape index (κ1) is 15.2. The van der Waals surface area contributed by atoms with Gasteiger partial charge in [-0.1, -0.05) is 11.6 Å². The molecule has 110 valence electrons. The first-order chi connectivity index (χ1) is 9.23. The molecule has 1 aromatic rings. The molecule has 0 aliphatic carbocycles. The summed E-state index contributed by atoms with van der Waals surface area (Å²) < 4.78 is 25.9. The van der Waals surface area contributed by atoms with E-state index in [1.54, 1.807) is 6.92 Å². The summed E-state index contributed by atoms with van der Waals surface area (Å²) in [6, 6.07) is 3.03. The van der Waals surface area contributed by atoms with Crippen LogP contribution in [0.25, 0.3) is 0 Å². The molecule has 0 radical (unpaired) electrons. The number of carbonyl (C=O) groups is 1. The van der Waals surface area contributed by atoms with Gasteiger partial charge in [-0.05, 0) is 30.7 Å². The number of hydrogen-bond acceptors (Lipinski definition) is 4. The second-order valence-electron chi connectivity index (χ2n) is 4.73. The Hall–Kier alpha value is -1.15. The zero-order chi connectivity index (χ0) is 15.1. The number of β-amino-alcohol motifs (C(OH)–C–C–N with tert-alkyl or cyclic N) is 1. The lowest BCUT2D eigenvalue weighted by atomic mass is 10.2. The predicted octanol–water partition coefficient (Wildman–Crippen LogP) is 0.857. The summed E-state index contributed by atoms with van der Waals surface area (Å²) in [6.45, 7) is 1.36. The number of halogens is 1. The van der Waals surface area contributed by atoms with Gasteiger partial charge >= 0.3 is 5.97 Å². The van der Waals surface area contributed by atoms with Crippen LogP contribution >= 0.6 is 11.6 Å². The fourth-order valence-corrected chi connectivity index (χ4v) is 4.37. The Labute approximate surface area is 121 Å². The third-order valence-corrected chi connectivity index (χ3v) is 5.51. The quantitative estimate of drug-likeness (QED) is 0.861. The van der Waals surface area contributed by atoms with E-state index < -0.39 is 28.1 Å². The monoisotopic (exact) mass is 319 g/mol. The van der Waals surface area contributed by atoms with Gasteiger partial charge < -0.3 is 10.2 Å². The van der Waals surface area contributed by atoms with Gasteiger partial charge in [0.1, 0.15) is 6.04 Å². The van der Waals surface area contributed by atoms with Gasteiger partial charge in [0.05, 0.1) is 11.0 Å². The molecule has 2 atom stereocenters. The van der Waals surface area contributed by atoms with Gasteiger partial charge in [-0.15, -0.1) is 0 Å².